The Morgan fingerprint density at radius 1 is 1.56 bits per heavy atom. The van der Waals surface area contributed by atoms with E-state index in [1.165, 1.54) is 6.07 Å². The van der Waals surface area contributed by atoms with Crippen LogP contribution in [0.3, 0.4) is 0 Å². The van der Waals surface area contributed by atoms with E-state index in [1.807, 2.05) is 22.6 Å². The third-order valence-corrected chi connectivity index (χ3v) is 3.38. The molecule has 0 aliphatic carbocycles. The van der Waals surface area contributed by atoms with E-state index in [2.05, 4.69) is 0 Å². The summed E-state index contributed by atoms with van der Waals surface area (Å²) in [5.41, 5.74) is 6.22. The maximum absolute atomic E-state index is 13.3. The summed E-state index contributed by atoms with van der Waals surface area (Å²) in [6, 6.07) is 2.92. The van der Waals surface area contributed by atoms with Gasteiger partial charge in [-0.15, -0.1) is 0 Å². The number of ether oxygens (including phenoxy) is 2. The van der Waals surface area contributed by atoms with Gasteiger partial charge in [0.1, 0.15) is 11.6 Å². The molecule has 1 aliphatic heterocycles. The zero-order chi connectivity index (χ0) is 11.5. The minimum Gasteiger partial charge on any atom is -0.491 e. The predicted molar refractivity (Wildman–Crippen MR) is 68.0 cm³/mol. The van der Waals surface area contributed by atoms with Crippen molar-refractivity contribution in [2.75, 3.05) is 25.6 Å². The van der Waals surface area contributed by atoms with Crippen molar-refractivity contribution in [1.82, 2.24) is 0 Å². The lowest BCUT2D eigenvalue weighted by Crippen LogP contribution is -2.12. The lowest BCUT2D eigenvalue weighted by molar-refractivity contribution is 0.167. The topological polar surface area (TPSA) is 44.5 Å². The minimum absolute atomic E-state index is 0.299. The average Bonchev–Trinajstić information content (AvgIpc) is 2.74. The monoisotopic (exact) mass is 337 g/mol. The number of hydrogen-bond donors (Lipinski definition) is 1. The molecule has 1 atom stereocenters. The van der Waals surface area contributed by atoms with Crippen LogP contribution < -0.4 is 10.5 Å². The van der Waals surface area contributed by atoms with Gasteiger partial charge in [-0.25, -0.2) is 4.39 Å². The standard InChI is InChI=1S/C11H13FINO2/c12-8-3-11(10(14)4-9(8)13)16-6-7-1-2-15-5-7/h3-4,7H,1-2,5-6,14H2. The molecular weight excluding hydrogens is 324 g/mol. The first-order chi connectivity index (χ1) is 7.66. The van der Waals surface area contributed by atoms with Crippen molar-refractivity contribution in [3.8, 4) is 5.75 Å². The van der Waals surface area contributed by atoms with Crippen LogP contribution in [0.4, 0.5) is 10.1 Å². The zero-order valence-electron chi connectivity index (χ0n) is 8.71. The van der Waals surface area contributed by atoms with Crippen LogP contribution in [0.1, 0.15) is 6.42 Å². The molecule has 0 saturated carbocycles. The van der Waals surface area contributed by atoms with Gasteiger partial charge in [-0.1, -0.05) is 0 Å². The second-order valence-electron chi connectivity index (χ2n) is 3.84. The van der Waals surface area contributed by atoms with Crippen LogP contribution in [-0.4, -0.2) is 19.8 Å². The number of hydrogen-bond acceptors (Lipinski definition) is 3. The van der Waals surface area contributed by atoms with Crippen molar-refractivity contribution in [1.29, 1.82) is 0 Å². The molecule has 88 valence electrons. The molecule has 1 aliphatic rings. The number of halogens is 2. The molecule has 1 unspecified atom stereocenters. The summed E-state index contributed by atoms with van der Waals surface area (Å²) in [4.78, 5) is 0. The second kappa shape index (κ2) is 5.18. The van der Waals surface area contributed by atoms with Crippen molar-refractivity contribution in [3.05, 3.63) is 21.5 Å². The van der Waals surface area contributed by atoms with Crippen molar-refractivity contribution in [2.24, 2.45) is 5.92 Å². The van der Waals surface area contributed by atoms with Gasteiger partial charge in [-0.2, -0.15) is 0 Å². The van der Waals surface area contributed by atoms with Crippen LogP contribution in [0.15, 0.2) is 12.1 Å². The summed E-state index contributed by atoms with van der Waals surface area (Å²) in [6.07, 6.45) is 0.993. The van der Waals surface area contributed by atoms with Crippen molar-refractivity contribution < 1.29 is 13.9 Å². The summed E-state index contributed by atoms with van der Waals surface area (Å²) in [5, 5.41) is 0. The smallest absolute Gasteiger partial charge is 0.145 e. The Morgan fingerprint density at radius 3 is 3.06 bits per heavy atom. The van der Waals surface area contributed by atoms with E-state index in [9.17, 15) is 4.39 Å². The van der Waals surface area contributed by atoms with Gasteiger partial charge in [0, 0.05) is 18.6 Å². The number of nitrogens with two attached hydrogens (primary N) is 1. The first kappa shape index (κ1) is 11.9. The average molecular weight is 337 g/mol. The number of anilines is 1. The Labute approximate surface area is 107 Å². The molecule has 1 aromatic carbocycles. The van der Waals surface area contributed by atoms with E-state index < -0.39 is 0 Å². The summed E-state index contributed by atoms with van der Waals surface area (Å²) < 4.78 is 24.5. The van der Waals surface area contributed by atoms with E-state index in [-0.39, 0.29) is 5.82 Å². The molecule has 1 fully saturated rings. The van der Waals surface area contributed by atoms with Gasteiger partial charge in [0.25, 0.3) is 0 Å². The van der Waals surface area contributed by atoms with E-state index in [0.717, 1.165) is 13.0 Å². The highest BCUT2D eigenvalue weighted by atomic mass is 127. The molecule has 0 aromatic heterocycles. The molecule has 0 spiro atoms. The number of benzene rings is 1. The summed E-state index contributed by atoms with van der Waals surface area (Å²) in [6.45, 7) is 2.03. The first-order valence-electron chi connectivity index (χ1n) is 5.12. The maximum Gasteiger partial charge on any atom is 0.145 e. The van der Waals surface area contributed by atoms with Gasteiger partial charge in [-0.05, 0) is 35.1 Å². The Bertz CT molecular complexity index is 380. The Kier molecular flexibility index (Phi) is 3.86. The highest BCUT2D eigenvalue weighted by molar-refractivity contribution is 14.1. The van der Waals surface area contributed by atoms with Gasteiger partial charge in [-0.3, -0.25) is 0 Å². The van der Waals surface area contributed by atoms with Crippen molar-refractivity contribution in [3.63, 3.8) is 0 Å². The highest BCUT2D eigenvalue weighted by Gasteiger charge is 2.17. The molecule has 2 rings (SSSR count). The Balaban J connectivity index is 2.00. The zero-order valence-corrected chi connectivity index (χ0v) is 10.9. The van der Waals surface area contributed by atoms with Gasteiger partial charge < -0.3 is 15.2 Å². The normalized spacial score (nSPS) is 20.0. The molecule has 5 heteroatoms. The lowest BCUT2D eigenvalue weighted by Gasteiger charge is -2.12. The van der Waals surface area contributed by atoms with E-state index >= 15 is 0 Å². The van der Waals surface area contributed by atoms with Crippen LogP contribution in [0.25, 0.3) is 0 Å². The van der Waals surface area contributed by atoms with Gasteiger partial charge in [0.15, 0.2) is 0 Å². The molecule has 0 bridgehead atoms. The summed E-state index contributed by atoms with van der Waals surface area (Å²) >= 11 is 1.90. The van der Waals surface area contributed by atoms with Crippen molar-refractivity contribution >= 4 is 28.3 Å². The fourth-order valence-corrected chi connectivity index (χ4v) is 2.08. The molecule has 1 aromatic rings. The van der Waals surface area contributed by atoms with E-state index in [1.54, 1.807) is 6.07 Å². The maximum atomic E-state index is 13.3. The SMILES string of the molecule is Nc1cc(I)c(F)cc1OCC1CCOC1. The molecule has 2 N–H and O–H groups in total. The number of rotatable bonds is 3. The fraction of sp³-hybridized carbons (Fsp3) is 0.455. The first-order valence-corrected chi connectivity index (χ1v) is 6.19. The fourth-order valence-electron chi connectivity index (χ4n) is 1.59. The second-order valence-corrected chi connectivity index (χ2v) is 5.01. The van der Waals surface area contributed by atoms with Crippen LogP contribution >= 0.6 is 22.6 Å². The van der Waals surface area contributed by atoms with Crippen molar-refractivity contribution in [2.45, 2.75) is 6.42 Å². The summed E-state index contributed by atoms with van der Waals surface area (Å²) in [7, 11) is 0. The summed E-state index contributed by atoms with van der Waals surface area (Å²) in [5.74, 6) is 0.513. The molecule has 1 saturated heterocycles. The predicted octanol–water partition coefficient (Wildman–Crippen LogP) is 2.43. The molecule has 1 heterocycles. The third-order valence-electron chi connectivity index (χ3n) is 2.55. The van der Waals surface area contributed by atoms with Gasteiger partial charge >= 0.3 is 0 Å². The third kappa shape index (κ3) is 2.76. The molecule has 3 nitrogen and oxygen atoms in total. The molecule has 16 heavy (non-hydrogen) atoms. The number of nitrogen functional groups attached to an aromatic ring is 1. The lowest BCUT2D eigenvalue weighted by atomic mass is 10.1. The molecule has 0 amide bonds. The minimum atomic E-state index is -0.299. The Hall–Kier alpha value is -0.560. The van der Waals surface area contributed by atoms with Crippen LogP contribution in [0.5, 0.6) is 5.75 Å². The largest absolute Gasteiger partial charge is 0.491 e. The Morgan fingerprint density at radius 2 is 2.38 bits per heavy atom. The van der Waals surface area contributed by atoms with Crippen LogP contribution in [0.2, 0.25) is 0 Å². The quantitative estimate of drug-likeness (QED) is 0.681. The van der Waals surface area contributed by atoms with E-state index in [0.29, 0.717) is 34.1 Å². The molecule has 0 radical (unpaired) electrons. The van der Waals surface area contributed by atoms with Crippen LogP contribution in [-0.2, 0) is 4.74 Å². The van der Waals surface area contributed by atoms with Crippen LogP contribution in [0, 0.1) is 15.3 Å². The highest BCUT2D eigenvalue weighted by Crippen LogP contribution is 2.27. The van der Waals surface area contributed by atoms with Gasteiger partial charge in [0.05, 0.1) is 22.5 Å². The molecular formula is C11H13FINO2. The van der Waals surface area contributed by atoms with E-state index in [4.69, 9.17) is 15.2 Å². The van der Waals surface area contributed by atoms with Gasteiger partial charge in [0.2, 0.25) is 0 Å².